The minimum atomic E-state index is 0.122. The van der Waals surface area contributed by atoms with E-state index in [4.69, 9.17) is 0 Å². The molecular weight excluding hydrogens is 336 g/mol. The van der Waals surface area contributed by atoms with Gasteiger partial charge in [-0.15, -0.1) is 0 Å². The lowest BCUT2D eigenvalue weighted by Crippen LogP contribution is -2.40. The van der Waals surface area contributed by atoms with Gasteiger partial charge < -0.3 is 9.80 Å². The zero-order chi connectivity index (χ0) is 18.6. The predicted molar refractivity (Wildman–Crippen MR) is 108 cm³/mol. The van der Waals surface area contributed by atoms with Crippen LogP contribution < -0.4 is 0 Å². The number of carbonyl (C=O) groups is 2. The Kier molecular flexibility index (Phi) is 5.42. The second-order valence-electron chi connectivity index (χ2n) is 7.95. The number of hydrogen-bond acceptors (Lipinski definition) is 2. The fraction of sp³-hybridized carbons (Fsp3) is 0.478. The lowest BCUT2D eigenvalue weighted by atomic mass is 9.92. The molecule has 2 amide bonds. The molecule has 4 nitrogen and oxygen atoms in total. The van der Waals surface area contributed by atoms with Crippen molar-refractivity contribution in [2.75, 3.05) is 26.2 Å². The maximum Gasteiger partial charge on any atom is 0.253 e. The van der Waals surface area contributed by atoms with Crippen molar-refractivity contribution < 1.29 is 9.59 Å². The molecule has 2 fully saturated rings. The molecule has 0 aliphatic carbocycles. The van der Waals surface area contributed by atoms with Crippen molar-refractivity contribution in [3.05, 3.63) is 48.0 Å². The highest BCUT2D eigenvalue weighted by molar-refractivity contribution is 5.98. The molecule has 0 bridgehead atoms. The van der Waals surface area contributed by atoms with Gasteiger partial charge in [0, 0.05) is 38.2 Å². The van der Waals surface area contributed by atoms with Crippen LogP contribution in [0.3, 0.4) is 0 Å². The summed E-state index contributed by atoms with van der Waals surface area (Å²) in [6.07, 6.45) is 5.96. The van der Waals surface area contributed by atoms with Crippen LogP contribution in [0.15, 0.2) is 42.5 Å². The average Bonchev–Trinajstić information content (AvgIpc) is 3.26. The number of rotatable bonds is 4. The van der Waals surface area contributed by atoms with E-state index in [1.807, 2.05) is 40.1 Å². The van der Waals surface area contributed by atoms with Gasteiger partial charge >= 0.3 is 0 Å². The van der Waals surface area contributed by atoms with E-state index in [1.54, 1.807) is 0 Å². The van der Waals surface area contributed by atoms with Gasteiger partial charge in [0.15, 0.2) is 0 Å². The van der Waals surface area contributed by atoms with Crippen LogP contribution in [0.5, 0.6) is 0 Å². The Labute approximate surface area is 161 Å². The monoisotopic (exact) mass is 364 g/mol. The predicted octanol–water partition coefficient (Wildman–Crippen LogP) is 4.09. The normalized spacial score (nSPS) is 20.2. The van der Waals surface area contributed by atoms with E-state index in [9.17, 15) is 9.59 Å². The highest BCUT2D eigenvalue weighted by atomic mass is 16.2. The van der Waals surface area contributed by atoms with Gasteiger partial charge in [0.1, 0.15) is 0 Å². The first kappa shape index (κ1) is 18.0. The largest absolute Gasteiger partial charge is 0.343 e. The van der Waals surface area contributed by atoms with Gasteiger partial charge in [-0.1, -0.05) is 30.3 Å². The second-order valence-corrected chi connectivity index (χ2v) is 7.95. The quantitative estimate of drug-likeness (QED) is 0.820. The minimum Gasteiger partial charge on any atom is -0.343 e. The maximum absolute atomic E-state index is 13.0. The Bertz CT molecular complexity index is 826. The van der Waals surface area contributed by atoms with Gasteiger partial charge in [0.05, 0.1) is 0 Å². The zero-order valence-corrected chi connectivity index (χ0v) is 15.9. The number of hydrogen-bond donors (Lipinski definition) is 0. The van der Waals surface area contributed by atoms with Gasteiger partial charge in [0.2, 0.25) is 5.91 Å². The van der Waals surface area contributed by atoms with E-state index < -0.39 is 0 Å². The summed E-state index contributed by atoms with van der Waals surface area (Å²) in [6, 6.07) is 14.1. The Morgan fingerprint density at radius 1 is 0.889 bits per heavy atom. The van der Waals surface area contributed by atoms with Crippen molar-refractivity contribution in [2.24, 2.45) is 5.92 Å². The van der Waals surface area contributed by atoms with E-state index in [0.717, 1.165) is 74.6 Å². The molecule has 0 aromatic heterocycles. The first-order chi connectivity index (χ1) is 13.2. The third-order valence-electron chi connectivity index (χ3n) is 6.03. The number of carbonyl (C=O) groups excluding carboxylic acids is 2. The van der Waals surface area contributed by atoms with Crippen molar-refractivity contribution in [1.29, 1.82) is 0 Å². The van der Waals surface area contributed by atoms with Crippen LogP contribution in [0, 0.1) is 5.92 Å². The van der Waals surface area contributed by atoms with Gasteiger partial charge in [0.25, 0.3) is 5.91 Å². The number of amides is 2. The highest BCUT2D eigenvalue weighted by Gasteiger charge is 2.26. The standard InChI is InChI=1S/C23H28N2O2/c26-22(24-13-3-4-14-24)12-9-18-6-5-15-25(17-18)23(27)21-11-10-19-7-1-2-8-20(19)16-21/h1-2,7-8,10-11,16,18H,3-6,9,12-15,17H2/t18-/m1/s1. The summed E-state index contributed by atoms with van der Waals surface area (Å²) in [5.74, 6) is 0.858. The summed E-state index contributed by atoms with van der Waals surface area (Å²) >= 11 is 0. The fourth-order valence-electron chi connectivity index (χ4n) is 4.44. The molecule has 4 heteroatoms. The summed E-state index contributed by atoms with van der Waals surface area (Å²) in [5.41, 5.74) is 0.766. The van der Waals surface area contributed by atoms with E-state index in [0.29, 0.717) is 18.2 Å². The third kappa shape index (κ3) is 4.15. The number of likely N-dealkylation sites (tertiary alicyclic amines) is 2. The van der Waals surface area contributed by atoms with Crippen molar-refractivity contribution in [3.8, 4) is 0 Å². The average molecular weight is 364 g/mol. The Morgan fingerprint density at radius 3 is 2.44 bits per heavy atom. The SMILES string of the molecule is O=C(CC[C@H]1CCCN(C(=O)c2ccc3ccccc3c2)C1)N1CCCC1. The van der Waals surface area contributed by atoms with Crippen molar-refractivity contribution in [1.82, 2.24) is 9.80 Å². The number of nitrogens with zero attached hydrogens (tertiary/aromatic N) is 2. The molecule has 27 heavy (non-hydrogen) atoms. The molecule has 0 radical (unpaired) electrons. The zero-order valence-electron chi connectivity index (χ0n) is 15.9. The molecule has 2 heterocycles. The first-order valence-electron chi connectivity index (χ1n) is 10.3. The molecule has 2 aliphatic heterocycles. The topological polar surface area (TPSA) is 40.6 Å². The van der Waals surface area contributed by atoms with E-state index in [1.165, 1.54) is 0 Å². The third-order valence-corrected chi connectivity index (χ3v) is 6.03. The van der Waals surface area contributed by atoms with Crippen LogP contribution >= 0.6 is 0 Å². The molecule has 2 aromatic rings. The smallest absolute Gasteiger partial charge is 0.253 e. The van der Waals surface area contributed by atoms with Crippen LogP contribution in [0.1, 0.15) is 48.9 Å². The van der Waals surface area contributed by atoms with Crippen molar-refractivity contribution in [3.63, 3.8) is 0 Å². The molecule has 0 unspecified atom stereocenters. The molecule has 1 atom stereocenters. The van der Waals surface area contributed by atoms with Crippen LogP contribution in [-0.4, -0.2) is 47.8 Å². The fourth-order valence-corrected chi connectivity index (χ4v) is 4.44. The summed E-state index contributed by atoms with van der Waals surface area (Å²) in [7, 11) is 0. The van der Waals surface area contributed by atoms with Crippen LogP contribution in [0.2, 0.25) is 0 Å². The molecular formula is C23H28N2O2. The van der Waals surface area contributed by atoms with Crippen LogP contribution in [0.25, 0.3) is 10.8 Å². The summed E-state index contributed by atoms with van der Waals surface area (Å²) in [6.45, 7) is 3.45. The molecule has 142 valence electrons. The molecule has 0 saturated carbocycles. The molecule has 0 N–H and O–H groups in total. The highest BCUT2D eigenvalue weighted by Crippen LogP contribution is 2.24. The second kappa shape index (κ2) is 8.12. The van der Waals surface area contributed by atoms with Crippen LogP contribution in [-0.2, 0) is 4.79 Å². The summed E-state index contributed by atoms with van der Waals surface area (Å²) in [4.78, 5) is 29.3. The number of fused-ring (bicyclic) bond motifs is 1. The lowest BCUT2D eigenvalue weighted by molar-refractivity contribution is -0.130. The summed E-state index contributed by atoms with van der Waals surface area (Å²) in [5, 5.41) is 2.26. The van der Waals surface area contributed by atoms with Crippen molar-refractivity contribution in [2.45, 2.75) is 38.5 Å². The van der Waals surface area contributed by atoms with E-state index >= 15 is 0 Å². The van der Waals surface area contributed by atoms with Gasteiger partial charge in [-0.2, -0.15) is 0 Å². The van der Waals surface area contributed by atoms with Crippen LogP contribution in [0.4, 0.5) is 0 Å². The maximum atomic E-state index is 13.0. The number of benzene rings is 2. The molecule has 2 aromatic carbocycles. The first-order valence-corrected chi connectivity index (χ1v) is 10.3. The lowest BCUT2D eigenvalue weighted by Gasteiger charge is -2.33. The molecule has 2 aliphatic rings. The Morgan fingerprint density at radius 2 is 1.63 bits per heavy atom. The minimum absolute atomic E-state index is 0.122. The molecule has 2 saturated heterocycles. The van der Waals surface area contributed by atoms with Gasteiger partial charge in [-0.25, -0.2) is 0 Å². The molecule has 4 rings (SSSR count). The Balaban J connectivity index is 1.36. The Hall–Kier alpha value is -2.36. The van der Waals surface area contributed by atoms with Gasteiger partial charge in [-0.05, 0) is 60.9 Å². The molecule has 0 spiro atoms. The number of piperidine rings is 1. The van der Waals surface area contributed by atoms with E-state index in [-0.39, 0.29) is 5.91 Å². The van der Waals surface area contributed by atoms with Gasteiger partial charge in [-0.3, -0.25) is 9.59 Å². The van der Waals surface area contributed by atoms with Crippen molar-refractivity contribution >= 4 is 22.6 Å². The summed E-state index contributed by atoms with van der Waals surface area (Å²) < 4.78 is 0. The van der Waals surface area contributed by atoms with E-state index in [2.05, 4.69) is 12.1 Å².